The van der Waals surface area contributed by atoms with E-state index in [4.69, 9.17) is 4.74 Å². The van der Waals surface area contributed by atoms with Crippen molar-refractivity contribution in [3.8, 4) is 0 Å². The highest BCUT2D eigenvalue weighted by Gasteiger charge is 2.24. The molecule has 0 aliphatic carbocycles. The summed E-state index contributed by atoms with van der Waals surface area (Å²) in [5.41, 5.74) is 1.36. The molecule has 0 unspecified atom stereocenters. The van der Waals surface area contributed by atoms with Gasteiger partial charge in [0, 0.05) is 11.1 Å². The van der Waals surface area contributed by atoms with Crippen molar-refractivity contribution in [2.24, 2.45) is 0 Å². The third kappa shape index (κ3) is 2.90. The minimum atomic E-state index is -3.69. The van der Waals surface area contributed by atoms with E-state index in [0.717, 1.165) is 5.69 Å². The molecule has 0 saturated carbocycles. The molecule has 1 saturated heterocycles. The summed E-state index contributed by atoms with van der Waals surface area (Å²) in [6.45, 7) is 2.59. The lowest BCUT2D eigenvalue weighted by molar-refractivity contribution is 0.181. The number of sulfonamides is 1. The van der Waals surface area contributed by atoms with Crippen molar-refractivity contribution in [2.75, 3.05) is 22.8 Å². The van der Waals surface area contributed by atoms with E-state index in [0.29, 0.717) is 24.0 Å². The number of carbonyl (C=O) groups is 1. The van der Waals surface area contributed by atoms with Crippen LogP contribution in [0.25, 0.3) is 0 Å². The Morgan fingerprint density at radius 1 is 1.32 bits per heavy atom. The number of nitrogens with one attached hydrogen (secondary N) is 1. The van der Waals surface area contributed by atoms with Gasteiger partial charge in [-0.2, -0.15) is 0 Å². The Kier molecular flexibility index (Phi) is 3.75. The average Bonchev–Trinajstić information content (AvgIpc) is 3.07. The molecule has 0 bridgehead atoms. The van der Waals surface area contributed by atoms with Crippen LogP contribution in [0.2, 0.25) is 0 Å². The van der Waals surface area contributed by atoms with Crippen molar-refractivity contribution in [3.63, 3.8) is 0 Å². The molecule has 1 aliphatic rings. The highest BCUT2D eigenvalue weighted by Crippen LogP contribution is 2.23. The molecule has 2 heterocycles. The van der Waals surface area contributed by atoms with Crippen molar-refractivity contribution < 1.29 is 17.9 Å². The van der Waals surface area contributed by atoms with E-state index in [9.17, 15) is 13.2 Å². The number of amides is 1. The van der Waals surface area contributed by atoms with E-state index in [2.05, 4.69) is 9.71 Å². The summed E-state index contributed by atoms with van der Waals surface area (Å²) in [5.74, 6) is 0. The van der Waals surface area contributed by atoms with E-state index in [1.165, 1.54) is 28.4 Å². The smallest absolute Gasteiger partial charge is 0.414 e. The van der Waals surface area contributed by atoms with Crippen molar-refractivity contribution in [1.82, 2.24) is 4.98 Å². The van der Waals surface area contributed by atoms with Gasteiger partial charge < -0.3 is 4.74 Å². The topological polar surface area (TPSA) is 88.6 Å². The molecular weight excluding hydrogens is 326 g/mol. The number of anilines is 2. The number of cyclic esters (lactones) is 1. The van der Waals surface area contributed by atoms with Crippen LogP contribution in [0.4, 0.5) is 15.6 Å². The maximum absolute atomic E-state index is 12.3. The molecular formula is C13H13N3O4S2. The largest absolute Gasteiger partial charge is 0.447 e. The van der Waals surface area contributed by atoms with Gasteiger partial charge in [0.2, 0.25) is 0 Å². The predicted molar refractivity (Wildman–Crippen MR) is 82.8 cm³/mol. The third-order valence-corrected chi connectivity index (χ3v) is 5.42. The Balaban J connectivity index is 1.81. The molecule has 1 aromatic heterocycles. The Hall–Kier alpha value is -2.13. The molecule has 116 valence electrons. The summed E-state index contributed by atoms with van der Waals surface area (Å²) >= 11 is 1.22. The zero-order valence-corrected chi connectivity index (χ0v) is 13.3. The monoisotopic (exact) mass is 339 g/mol. The summed E-state index contributed by atoms with van der Waals surface area (Å²) < 4.78 is 31.8. The fourth-order valence-electron chi connectivity index (χ4n) is 2.01. The van der Waals surface area contributed by atoms with Gasteiger partial charge >= 0.3 is 6.09 Å². The number of aryl methyl sites for hydroxylation is 1. The van der Waals surface area contributed by atoms with Gasteiger partial charge in [0.1, 0.15) is 6.61 Å². The predicted octanol–water partition coefficient (Wildman–Crippen LogP) is 2.21. The first-order valence-corrected chi connectivity index (χ1v) is 8.81. The molecule has 9 heteroatoms. The van der Waals surface area contributed by atoms with Gasteiger partial charge in [-0.05, 0) is 31.2 Å². The Labute approximate surface area is 131 Å². The fourth-order valence-corrected chi connectivity index (χ4v) is 3.95. The van der Waals surface area contributed by atoms with Crippen molar-refractivity contribution in [3.05, 3.63) is 35.3 Å². The highest BCUT2D eigenvalue weighted by atomic mass is 32.2. The zero-order valence-electron chi connectivity index (χ0n) is 11.6. The van der Waals surface area contributed by atoms with Crippen LogP contribution in [0.3, 0.4) is 0 Å². The van der Waals surface area contributed by atoms with E-state index >= 15 is 0 Å². The highest BCUT2D eigenvalue weighted by molar-refractivity contribution is 7.93. The lowest BCUT2D eigenvalue weighted by Gasteiger charge is -2.13. The van der Waals surface area contributed by atoms with E-state index < -0.39 is 16.1 Å². The zero-order chi connectivity index (χ0) is 15.7. The summed E-state index contributed by atoms with van der Waals surface area (Å²) in [7, 11) is -3.69. The van der Waals surface area contributed by atoms with E-state index in [-0.39, 0.29) is 4.90 Å². The summed E-state index contributed by atoms with van der Waals surface area (Å²) in [5, 5.41) is 2.09. The molecule has 22 heavy (non-hydrogen) atoms. The molecule has 1 aromatic carbocycles. The Morgan fingerprint density at radius 3 is 2.59 bits per heavy atom. The summed E-state index contributed by atoms with van der Waals surface area (Å²) in [6.07, 6.45) is -0.424. The van der Waals surface area contributed by atoms with Crippen LogP contribution in [0.1, 0.15) is 5.69 Å². The fraction of sp³-hybridized carbons (Fsp3) is 0.231. The van der Waals surface area contributed by atoms with Gasteiger partial charge in [0.15, 0.2) is 5.13 Å². The van der Waals surface area contributed by atoms with Gasteiger partial charge in [-0.15, -0.1) is 11.3 Å². The number of hydrogen-bond donors (Lipinski definition) is 1. The van der Waals surface area contributed by atoms with E-state index in [1.54, 1.807) is 24.4 Å². The van der Waals surface area contributed by atoms with Crippen LogP contribution in [0.5, 0.6) is 0 Å². The SMILES string of the molecule is Cc1csc(NS(=O)(=O)c2ccc(N3CCOC3=O)cc2)n1. The van der Waals surface area contributed by atoms with Crippen molar-refractivity contribution in [2.45, 2.75) is 11.8 Å². The lowest BCUT2D eigenvalue weighted by Crippen LogP contribution is -2.23. The van der Waals surface area contributed by atoms with Crippen LogP contribution >= 0.6 is 11.3 Å². The first-order chi connectivity index (χ1) is 10.5. The molecule has 1 fully saturated rings. The molecule has 1 amide bonds. The minimum absolute atomic E-state index is 0.108. The molecule has 0 spiro atoms. The van der Waals surface area contributed by atoms with Crippen LogP contribution in [0.15, 0.2) is 34.5 Å². The van der Waals surface area contributed by atoms with Gasteiger partial charge in [0.05, 0.1) is 17.1 Å². The number of hydrogen-bond acceptors (Lipinski definition) is 6. The molecule has 0 radical (unpaired) electrons. The van der Waals surface area contributed by atoms with E-state index in [1.807, 2.05) is 0 Å². The van der Waals surface area contributed by atoms with Crippen LogP contribution < -0.4 is 9.62 Å². The number of aromatic nitrogens is 1. The number of rotatable bonds is 4. The van der Waals surface area contributed by atoms with Gasteiger partial charge in [-0.1, -0.05) is 0 Å². The standard InChI is InChI=1S/C13H13N3O4S2/c1-9-8-21-12(14-9)15-22(18,19)11-4-2-10(3-5-11)16-6-7-20-13(16)17/h2-5,8H,6-7H2,1H3,(H,14,15). The molecule has 2 aromatic rings. The minimum Gasteiger partial charge on any atom is -0.447 e. The van der Waals surface area contributed by atoms with Crippen molar-refractivity contribution >= 4 is 38.3 Å². The van der Waals surface area contributed by atoms with Gasteiger partial charge in [0.25, 0.3) is 10.0 Å². The summed E-state index contributed by atoms with van der Waals surface area (Å²) in [6, 6.07) is 6.05. The Morgan fingerprint density at radius 2 is 2.05 bits per heavy atom. The Bertz CT molecular complexity index is 799. The van der Waals surface area contributed by atoms with Crippen LogP contribution in [-0.2, 0) is 14.8 Å². The number of ether oxygens (including phenoxy) is 1. The normalized spacial score (nSPS) is 15.0. The second-order valence-electron chi connectivity index (χ2n) is 4.66. The number of carbonyl (C=O) groups excluding carboxylic acids is 1. The van der Waals surface area contributed by atoms with Gasteiger partial charge in [-0.25, -0.2) is 18.2 Å². The first kappa shape index (κ1) is 14.8. The second kappa shape index (κ2) is 5.58. The molecule has 7 nitrogen and oxygen atoms in total. The maximum Gasteiger partial charge on any atom is 0.414 e. The third-order valence-electron chi connectivity index (χ3n) is 3.06. The van der Waals surface area contributed by atoms with Gasteiger partial charge in [-0.3, -0.25) is 9.62 Å². The maximum atomic E-state index is 12.3. The first-order valence-electron chi connectivity index (χ1n) is 6.45. The van der Waals surface area contributed by atoms with Crippen molar-refractivity contribution in [1.29, 1.82) is 0 Å². The summed E-state index contributed by atoms with van der Waals surface area (Å²) in [4.78, 5) is 17.1. The quantitative estimate of drug-likeness (QED) is 0.922. The number of nitrogens with zero attached hydrogens (tertiary/aromatic N) is 2. The van der Waals surface area contributed by atoms with Crippen LogP contribution in [-0.4, -0.2) is 32.6 Å². The lowest BCUT2D eigenvalue weighted by atomic mass is 10.3. The molecule has 0 atom stereocenters. The second-order valence-corrected chi connectivity index (χ2v) is 7.20. The molecule has 1 N–H and O–H groups in total. The average molecular weight is 339 g/mol. The molecule has 1 aliphatic heterocycles. The number of thiazole rings is 1. The number of benzene rings is 1. The van der Waals surface area contributed by atoms with Crippen LogP contribution in [0, 0.1) is 6.92 Å². The molecule has 3 rings (SSSR count).